The van der Waals surface area contributed by atoms with Gasteiger partial charge in [-0.05, 0) is 13.3 Å². The van der Waals surface area contributed by atoms with E-state index < -0.39 is 0 Å². The summed E-state index contributed by atoms with van der Waals surface area (Å²) >= 11 is 0. The first-order valence-corrected chi connectivity index (χ1v) is 4.67. The predicted octanol–water partition coefficient (Wildman–Crippen LogP) is 1.21. The Hall–Kier alpha value is -1.19. The number of hydrogen-bond acceptors (Lipinski definition) is 3. The van der Waals surface area contributed by atoms with E-state index in [1.165, 1.54) is 0 Å². The van der Waals surface area contributed by atoms with Gasteiger partial charge in [0.1, 0.15) is 5.78 Å². The van der Waals surface area contributed by atoms with Crippen LogP contribution in [0.4, 0.5) is 0 Å². The van der Waals surface area contributed by atoms with E-state index in [-0.39, 0.29) is 5.78 Å². The lowest BCUT2D eigenvalue weighted by atomic mass is 10.1. The van der Waals surface area contributed by atoms with Gasteiger partial charge >= 0.3 is 0 Å². The highest BCUT2D eigenvalue weighted by molar-refractivity contribution is 5.78. The molecule has 0 N–H and O–H groups in total. The Morgan fingerprint density at radius 1 is 1.54 bits per heavy atom. The smallest absolute Gasteiger partial charge is 0.133 e. The van der Waals surface area contributed by atoms with Crippen molar-refractivity contribution in [2.75, 3.05) is 0 Å². The van der Waals surface area contributed by atoms with Crippen molar-refractivity contribution in [3.05, 3.63) is 11.9 Å². The Morgan fingerprint density at radius 2 is 2.31 bits per heavy atom. The molecule has 0 radical (unpaired) electrons. The van der Waals surface area contributed by atoms with Crippen LogP contribution in [0, 0.1) is 0 Å². The molecule has 13 heavy (non-hydrogen) atoms. The number of carbonyl (C=O) groups excluding carboxylic acids is 1. The van der Waals surface area contributed by atoms with E-state index in [9.17, 15) is 4.79 Å². The largest absolute Gasteiger partial charge is 0.300 e. The molecule has 0 saturated carbocycles. The summed E-state index contributed by atoms with van der Waals surface area (Å²) in [7, 11) is 0. The van der Waals surface area contributed by atoms with Crippen molar-refractivity contribution in [1.29, 1.82) is 0 Å². The minimum Gasteiger partial charge on any atom is -0.300 e. The maximum Gasteiger partial charge on any atom is 0.133 e. The first kappa shape index (κ1) is 9.89. The van der Waals surface area contributed by atoms with Crippen molar-refractivity contribution < 1.29 is 4.79 Å². The standard InChI is InChI=1S/C9H15N3O/c1-3-9(13)6-5-8-7-12(4-2)11-10-8/h7H,3-6H2,1-2H3. The Morgan fingerprint density at radius 3 is 2.85 bits per heavy atom. The summed E-state index contributed by atoms with van der Waals surface area (Å²) in [4.78, 5) is 11.0. The van der Waals surface area contributed by atoms with Crippen LogP contribution in [0.1, 0.15) is 32.4 Å². The van der Waals surface area contributed by atoms with E-state index in [1.54, 1.807) is 4.68 Å². The van der Waals surface area contributed by atoms with Crippen molar-refractivity contribution in [2.45, 2.75) is 39.7 Å². The van der Waals surface area contributed by atoms with Gasteiger partial charge in [-0.3, -0.25) is 9.48 Å². The molecule has 0 aliphatic carbocycles. The van der Waals surface area contributed by atoms with Gasteiger partial charge in [-0.15, -0.1) is 5.10 Å². The van der Waals surface area contributed by atoms with Crippen LogP contribution < -0.4 is 0 Å². The zero-order chi connectivity index (χ0) is 9.68. The number of ketones is 1. The van der Waals surface area contributed by atoms with Gasteiger partial charge in [0.05, 0.1) is 5.69 Å². The molecule has 0 unspecified atom stereocenters. The van der Waals surface area contributed by atoms with E-state index >= 15 is 0 Å². The lowest BCUT2D eigenvalue weighted by Gasteiger charge is -1.93. The van der Waals surface area contributed by atoms with Crippen molar-refractivity contribution in [1.82, 2.24) is 15.0 Å². The van der Waals surface area contributed by atoms with Gasteiger partial charge in [0.25, 0.3) is 0 Å². The highest BCUT2D eigenvalue weighted by Crippen LogP contribution is 2.00. The zero-order valence-electron chi connectivity index (χ0n) is 8.16. The summed E-state index contributed by atoms with van der Waals surface area (Å²) in [6.45, 7) is 4.72. The molecule has 4 heteroatoms. The second kappa shape index (κ2) is 4.74. The third-order valence-electron chi connectivity index (χ3n) is 1.96. The second-order valence-electron chi connectivity index (χ2n) is 2.96. The fourth-order valence-corrected chi connectivity index (χ4v) is 1.05. The first-order chi connectivity index (χ1) is 6.26. The van der Waals surface area contributed by atoms with Gasteiger partial charge < -0.3 is 0 Å². The van der Waals surface area contributed by atoms with Crippen LogP contribution in [-0.2, 0) is 17.8 Å². The minimum atomic E-state index is 0.283. The Labute approximate surface area is 77.9 Å². The number of rotatable bonds is 5. The topological polar surface area (TPSA) is 47.8 Å². The second-order valence-corrected chi connectivity index (χ2v) is 2.96. The molecular formula is C9H15N3O. The molecule has 1 aromatic heterocycles. The molecular weight excluding hydrogens is 166 g/mol. The van der Waals surface area contributed by atoms with Crippen LogP contribution >= 0.6 is 0 Å². The van der Waals surface area contributed by atoms with Crippen LogP contribution in [0.15, 0.2) is 6.20 Å². The highest BCUT2D eigenvalue weighted by atomic mass is 16.1. The number of aryl methyl sites for hydroxylation is 2. The minimum absolute atomic E-state index is 0.283. The summed E-state index contributed by atoms with van der Waals surface area (Å²) in [5.74, 6) is 0.283. The first-order valence-electron chi connectivity index (χ1n) is 4.67. The maximum atomic E-state index is 11.0. The number of aromatic nitrogens is 3. The molecule has 0 fully saturated rings. The molecule has 0 bridgehead atoms. The molecule has 1 heterocycles. The quantitative estimate of drug-likeness (QED) is 0.686. The average molecular weight is 181 g/mol. The van der Waals surface area contributed by atoms with E-state index in [0.717, 1.165) is 12.2 Å². The van der Waals surface area contributed by atoms with Crippen LogP contribution in [-0.4, -0.2) is 20.8 Å². The molecule has 0 amide bonds. The Bertz CT molecular complexity index is 280. The predicted molar refractivity (Wildman–Crippen MR) is 49.3 cm³/mol. The third kappa shape index (κ3) is 2.97. The zero-order valence-corrected chi connectivity index (χ0v) is 8.16. The highest BCUT2D eigenvalue weighted by Gasteiger charge is 2.02. The van der Waals surface area contributed by atoms with Crippen LogP contribution in [0.25, 0.3) is 0 Å². The van der Waals surface area contributed by atoms with Gasteiger partial charge in [0.15, 0.2) is 0 Å². The molecule has 0 spiro atoms. The summed E-state index contributed by atoms with van der Waals surface area (Å²) in [6, 6.07) is 0. The number of Topliss-reactive ketones (excluding diaryl/α,β-unsaturated/α-hetero) is 1. The van der Waals surface area contributed by atoms with E-state index in [4.69, 9.17) is 0 Å². The average Bonchev–Trinajstić information content (AvgIpc) is 2.61. The fourth-order valence-electron chi connectivity index (χ4n) is 1.05. The number of nitrogens with zero attached hydrogens (tertiary/aromatic N) is 3. The van der Waals surface area contributed by atoms with Crippen molar-refractivity contribution in [3.8, 4) is 0 Å². The van der Waals surface area contributed by atoms with Gasteiger partial charge in [0.2, 0.25) is 0 Å². The maximum absolute atomic E-state index is 11.0. The molecule has 72 valence electrons. The van der Waals surface area contributed by atoms with Gasteiger partial charge in [0, 0.05) is 25.6 Å². The Balaban J connectivity index is 2.41. The van der Waals surface area contributed by atoms with E-state index in [1.807, 2.05) is 20.0 Å². The van der Waals surface area contributed by atoms with Gasteiger partial charge in [-0.1, -0.05) is 12.1 Å². The Kier molecular flexibility index (Phi) is 3.61. The fraction of sp³-hybridized carbons (Fsp3) is 0.667. The molecule has 1 rings (SSSR count). The molecule has 4 nitrogen and oxygen atoms in total. The molecule has 0 atom stereocenters. The van der Waals surface area contributed by atoms with Crippen LogP contribution in [0.3, 0.4) is 0 Å². The molecule has 0 aromatic carbocycles. The molecule has 0 aliphatic rings. The van der Waals surface area contributed by atoms with Gasteiger partial charge in [-0.25, -0.2) is 0 Å². The normalized spacial score (nSPS) is 10.3. The number of hydrogen-bond donors (Lipinski definition) is 0. The lowest BCUT2D eigenvalue weighted by Crippen LogP contribution is -1.97. The van der Waals surface area contributed by atoms with Crippen LogP contribution in [0.5, 0.6) is 0 Å². The molecule has 0 saturated heterocycles. The summed E-state index contributed by atoms with van der Waals surface area (Å²) in [6.07, 6.45) is 3.80. The monoisotopic (exact) mass is 181 g/mol. The van der Waals surface area contributed by atoms with Crippen molar-refractivity contribution >= 4 is 5.78 Å². The summed E-state index contributed by atoms with van der Waals surface area (Å²) in [5.41, 5.74) is 0.906. The third-order valence-corrected chi connectivity index (χ3v) is 1.96. The van der Waals surface area contributed by atoms with Crippen molar-refractivity contribution in [3.63, 3.8) is 0 Å². The number of carbonyl (C=O) groups is 1. The molecule has 0 aliphatic heterocycles. The van der Waals surface area contributed by atoms with Crippen molar-refractivity contribution in [2.24, 2.45) is 0 Å². The summed E-state index contributed by atoms with van der Waals surface area (Å²) in [5, 5.41) is 7.85. The summed E-state index contributed by atoms with van der Waals surface area (Å²) < 4.78 is 1.77. The SMILES string of the molecule is CCC(=O)CCc1cn(CC)nn1. The van der Waals surface area contributed by atoms with E-state index in [0.29, 0.717) is 19.3 Å². The molecule has 1 aromatic rings. The van der Waals surface area contributed by atoms with E-state index in [2.05, 4.69) is 10.3 Å². The lowest BCUT2D eigenvalue weighted by molar-refractivity contribution is -0.118. The van der Waals surface area contributed by atoms with Gasteiger partial charge in [-0.2, -0.15) is 0 Å². The van der Waals surface area contributed by atoms with Crippen LogP contribution in [0.2, 0.25) is 0 Å².